The fourth-order valence-corrected chi connectivity index (χ4v) is 4.03. The Labute approximate surface area is 150 Å². The van der Waals surface area contributed by atoms with Gasteiger partial charge >= 0.3 is 6.18 Å². The highest BCUT2D eigenvalue weighted by Gasteiger charge is 2.48. The van der Waals surface area contributed by atoms with Crippen LogP contribution in [0.2, 0.25) is 0 Å². The van der Waals surface area contributed by atoms with Crippen LogP contribution < -0.4 is 0 Å². The predicted molar refractivity (Wildman–Crippen MR) is 91.3 cm³/mol. The van der Waals surface area contributed by atoms with Crippen molar-refractivity contribution in [2.24, 2.45) is 5.41 Å². The summed E-state index contributed by atoms with van der Waals surface area (Å²) in [6, 6.07) is 9.89. The minimum Gasteiger partial charge on any atom is -0.293 e. The lowest BCUT2D eigenvalue weighted by Gasteiger charge is -2.28. The maximum Gasteiger partial charge on any atom is 0.408 e. The molecule has 0 amide bonds. The second-order valence-electron chi connectivity index (χ2n) is 8.05. The topological polar surface area (TPSA) is 34.9 Å². The summed E-state index contributed by atoms with van der Waals surface area (Å²) in [4.78, 5) is 13.0. The fourth-order valence-electron chi connectivity index (χ4n) is 4.03. The van der Waals surface area contributed by atoms with E-state index in [-0.39, 0.29) is 17.6 Å². The van der Waals surface area contributed by atoms with Crippen molar-refractivity contribution in [2.45, 2.75) is 57.7 Å². The molecule has 1 aromatic carbocycles. The smallest absolute Gasteiger partial charge is 0.293 e. The Kier molecular flexibility index (Phi) is 3.79. The Bertz CT molecular complexity index is 852. The van der Waals surface area contributed by atoms with Gasteiger partial charge in [0, 0.05) is 17.0 Å². The molecule has 0 radical (unpaired) electrons. The van der Waals surface area contributed by atoms with Crippen molar-refractivity contribution >= 4 is 5.78 Å². The van der Waals surface area contributed by atoms with Crippen molar-refractivity contribution in [3.05, 3.63) is 52.8 Å². The Hall–Kier alpha value is -2.11. The minimum atomic E-state index is -4.35. The summed E-state index contributed by atoms with van der Waals surface area (Å²) >= 11 is 0. The van der Waals surface area contributed by atoms with Crippen LogP contribution in [0, 0.1) is 5.41 Å². The molecule has 0 aliphatic heterocycles. The van der Waals surface area contributed by atoms with Gasteiger partial charge < -0.3 is 0 Å². The summed E-state index contributed by atoms with van der Waals surface area (Å²) in [6.45, 7) is 2.60. The van der Waals surface area contributed by atoms with Gasteiger partial charge in [0.15, 0.2) is 5.78 Å². The maximum absolute atomic E-state index is 13.0. The average Bonchev–Trinajstić information content (AvgIpc) is 3.28. The number of hydrogen-bond acceptors (Lipinski definition) is 2. The van der Waals surface area contributed by atoms with Gasteiger partial charge in [0.1, 0.15) is 6.54 Å². The third kappa shape index (κ3) is 2.95. The number of nitrogens with zero attached hydrogens (tertiary/aromatic N) is 2. The molecule has 2 aliphatic carbocycles. The van der Waals surface area contributed by atoms with Gasteiger partial charge in [-0.2, -0.15) is 18.3 Å². The first-order chi connectivity index (χ1) is 12.2. The van der Waals surface area contributed by atoms with Gasteiger partial charge in [-0.1, -0.05) is 44.2 Å². The zero-order valence-electron chi connectivity index (χ0n) is 14.8. The monoisotopic (exact) mass is 362 g/mol. The quantitative estimate of drug-likeness (QED) is 0.781. The summed E-state index contributed by atoms with van der Waals surface area (Å²) in [5.74, 6) is 0.187. The number of Topliss-reactive ketones (excluding diaryl/α,β-unsaturated/α-hetero) is 1. The van der Waals surface area contributed by atoms with Crippen LogP contribution in [0.5, 0.6) is 0 Å². The van der Waals surface area contributed by atoms with Gasteiger partial charge in [0.2, 0.25) is 0 Å². The molecule has 2 aliphatic rings. The number of halogens is 3. The molecule has 1 heterocycles. The van der Waals surface area contributed by atoms with Crippen LogP contribution >= 0.6 is 0 Å². The van der Waals surface area contributed by atoms with E-state index in [9.17, 15) is 18.0 Å². The van der Waals surface area contributed by atoms with E-state index >= 15 is 0 Å². The van der Waals surface area contributed by atoms with E-state index in [4.69, 9.17) is 0 Å². The van der Waals surface area contributed by atoms with E-state index < -0.39 is 18.1 Å². The first-order valence-electron chi connectivity index (χ1n) is 8.93. The molecule has 0 saturated heterocycles. The fraction of sp³-hybridized carbons (Fsp3) is 0.500. The number of alkyl halides is 3. The van der Waals surface area contributed by atoms with E-state index in [2.05, 4.69) is 5.10 Å². The first-order valence-corrected chi connectivity index (χ1v) is 8.93. The zero-order chi connectivity index (χ0) is 18.7. The molecule has 0 unspecified atom stereocenters. The molecular weight excluding hydrogens is 341 g/mol. The van der Waals surface area contributed by atoms with Crippen LogP contribution in [-0.4, -0.2) is 21.7 Å². The number of ketones is 1. The van der Waals surface area contributed by atoms with Crippen LogP contribution in [-0.2, 0) is 13.0 Å². The number of carbonyl (C=O) groups is 1. The molecule has 0 bridgehead atoms. The second kappa shape index (κ2) is 5.69. The van der Waals surface area contributed by atoms with Crippen LogP contribution in [0.15, 0.2) is 30.3 Å². The molecule has 0 N–H and O–H groups in total. The number of benzene rings is 1. The van der Waals surface area contributed by atoms with Crippen LogP contribution in [0.3, 0.4) is 0 Å². The molecular formula is C20H21F3N2O. The molecule has 2 aromatic rings. The summed E-state index contributed by atoms with van der Waals surface area (Å²) in [5.41, 5.74) is 2.08. The SMILES string of the molecule is CC1(C)CCc2c(c([C@@H]3C[C@H]3c3ccccc3)nn2CC(F)(F)F)C1=O. The molecule has 4 rings (SSSR count). The molecule has 6 heteroatoms. The van der Waals surface area contributed by atoms with E-state index in [0.717, 1.165) is 16.7 Å². The van der Waals surface area contributed by atoms with Gasteiger partial charge in [-0.15, -0.1) is 0 Å². The number of rotatable bonds is 3. The van der Waals surface area contributed by atoms with Crippen LogP contribution in [0.4, 0.5) is 13.2 Å². The standard InChI is InChI=1S/C20H21F3N2O/c1-19(2)9-8-15-16(18(19)26)17(24-25(15)11-20(21,22)23)14-10-13(14)12-6-4-3-5-7-12/h3-7,13-14H,8-11H2,1-2H3/t13-,14+/m0/s1. The molecule has 1 aromatic heterocycles. The predicted octanol–water partition coefficient (Wildman–Crippen LogP) is 4.87. The highest BCUT2D eigenvalue weighted by Crippen LogP contribution is 2.56. The Morgan fingerprint density at radius 1 is 1.19 bits per heavy atom. The molecule has 1 fully saturated rings. The van der Waals surface area contributed by atoms with E-state index in [1.807, 2.05) is 44.2 Å². The van der Waals surface area contributed by atoms with Crippen LogP contribution in [0.25, 0.3) is 0 Å². The molecule has 0 spiro atoms. The van der Waals surface area contributed by atoms with Crippen molar-refractivity contribution in [2.75, 3.05) is 0 Å². The summed E-state index contributed by atoms with van der Waals surface area (Å²) in [6.07, 6.45) is -2.52. The van der Waals surface area contributed by atoms with E-state index in [0.29, 0.717) is 29.8 Å². The van der Waals surface area contributed by atoms with E-state index in [1.165, 1.54) is 0 Å². The van der Waals surface area contributed by atoms with Gasteiger partial charge in [-0.3, -0.25) is 9.48 Å². The number of hydrogen-bond donors (Lipinski definition) is 0. The average molecular weight is 362 g/mol. The Balaban J connectivity index is 1.75. The zero-order valence-corrected chi connectivity index (χ0v) is 14.8. The highest BCUT2D eigenvalue weighted by molar-refractivity contribution is 6.03. The Morgan fingerprint density at radius 2 is 1.88 bits per heavy atom. The van der Waals surface area contributed by atoms with Gasteiger partial charge in [0.05, 0.1) is 11.3 Å². The molecule has 138 valence electrons. The number of carbonyl (C=O) groups excluding carboxylic acids is 1. The maximum atomic E-state index is 13.0. The van der Waals surface area contributed by atoms with Crippen LogP contribution in [0.1, 0.15) is 65.8 Å². The van der Waals surface area contributed by atoms with Crippen molar-refractivity contribution in [1.82, 2.24) is 9.78 Å². The molecule has 26 heavy (non-hydrogen) atoms. The minimum absolute atomic E-state index is 0.0264. The lowest BCUT2D eigenvalue weighted by Crippen LogP contribution is -2.32. The highest BCUT2D eigenvalue weighted by atomic mass is 19.4. The van der Waals surface area contributed by atoms with Gasteiger partial charge in [0.25, 0.3) is 0 Å². The molecule has 2 atom stereocenters. The number of aromatic nitrogens is 2. The summed E-state index contributed by atoms with van der Waals surface area (Å²) < 4.78 is 40.0. The van der Waals surface area contributed by atoms with Crippen molar-refractivity contribution < 1.29 is 18.0 Å². The first kappa shape index (κ1) is 17.3. The Morgan fingerprint density at radius 3 is 2.54 bits per heavy atom. The van der Waals surface area contributed by atoms with E-state index in [1.54, 1.807) is 0 Å². The third-order valence-electron chi connectivity index (χ3n) is 5.61. The lowest BCUT2D eigenvalue weighted by atomic mass is 9.74. The largest absolute Gasteiger partial charge is 0.408 e. The molecule has 3 nitrogen and oxygen atoms in total. The van der Waals surface area contributed by atoms with Crippen molar-refractivity contribution in [1.29, 1.82) is 0 Å². The lowest BCUT2D eigenvalue weighted by molar-refractivity contribution is -0.143. The van der Waals surface area contributed by atoms with Crippen molar-refractivity contribution in [3.63, 3.8) is 0 Å². The number of fused-ring (bicyclic) bond motifs is 1. The third-order valence-corrected chi connectivity index (χ3v) is 5.61. The summed E-state index contributed by atoms with van der Waals surface area (Å²) in [7, 11) is 0. The van der Waals surface area contributed by atoms with Gasteiger partial charge in [-0.05, 0) is 30.7 Å². The van der Waals surface area contributed by atoms with Crippen molar-refractivity contribution in [3.8, 4) is 0 Å². The summed E-state index contributed by atoms with van der Waals surface area (Å²) in [5, 5.41) is 4.31. The normalized spacial score (nSPS) is 24.4. The molecule has 1 saturated carbocycles. The second-order valence-corrected chi connectivity index (χ2v) is 8.05. The van der Waals surface area contributed by atoms with Gasteiger partial charge in [-0.25, -0.2) is 0 Å².